The molecule has 0 aromatic heterocycles. The molecular formula is C12H13N3O4. The van der Waals surface area contributed by atoms with Crippen molar-refractivity contribution >= 4 is 17.7 Å². The summed E-state index contributed by atoms with van der Waals surface area (Å²) in [5.74, 6) is -1.24. The van der Waals surface area contributed by atoms with E-state index < -0.39 is 18.0 Å². The molecule has 0 saturated carbocycles. The van der Waals surface area contributed by atoms with Gasteiger partial charge in [0.05, 0.1) is 11.3 Å². The number of aliphatic carboxylic acids is 1. The smallest absolute Gasteiger partial charge is 0.326 e. The molecule has 0 heterocycles. The number of benzene rings is 1. The standard InChI is InChI=1S/C12H13N3O4/c13-7-8-3-1-2-4-9(8)14-12(19)15-10(5-6-16)11(17)18/h1-4,10,16H,5-6H2,(H,17,18)(H2,14,15,19)/t10-/m0/s1. The minimum absolute atomic E-state index is 0.0946. The van der Waals surface area contributed by atoms with Gasteiger partial charge in [0.25, 0.3) is 0 Å². The molecule has 1 aromatic rings. The number of aliphatic hydroxyl groups is 1. The van der Waals surface area contributed by atoms with Crippen molar-refractivity contribution < 1.29 is 19.8 Å². The summed E-state index contributed by atoms with van der Waals surface area (Å²) in [6.07, 6.45) is -0.0946. The van der Waals surface area contributed by atoms with E-state index in [-0.39, 0.29) is 24.3 Å². The summed E-state index contributed by atoms with van der Waals surface area (Å²) in [7, 11) is 0. The first kappa shape index (κ1) is 14.5. The lowest BCUT2D eigenvalue weighted by Gasteiger charge is -2.14. The molecule has 0 unspecified atom stereocenters. The van der Waals surface area contributed by atoms with Crippen molar-refractivity contribution in [2.45, 2.75) is 12.5 Å². The highest BCUT2D eigenvalue weighted by molar-refractivity contribution is 5.93. The van der Waals surface area contributed by atoms with E-state index in [1.165, 1.54) is 12.1 Å². The Morgan fingerprint density at radius 3 is 2.63 bits per heavy atom. The second-order valence-electron chi connectivity index (χ2n) is 3.66. The third kappa shape index (κ3) is 4.29. The molecule has 0 radical (unpaired) electrons. The molecule has 7 heteroatoms. The number of anilines is 1. The molecule has 0 fully saturated rings. The average Bonchev–Trinajstić information content (AvgIpc) is 2.38. The molecule has 1 atom stereocenters. The van der Waals surface area contributed by atoms with Gasteiger partial charge in [-0.2, -0.15) is 5.26 Å². The molecule has 0 bridgehead atoms. The Morgan fingerprint density at radius 2 is 2.05 bits per heavy atom. The van der Waals surface area contributed by atoms with Crippen LogP contribution in [0.25, 0.3) is 0 Å². The number of rotatable bonds is 5. The minimum Gasteiger partial charge on any atom is -0.480 e. The Labute approximate surface area is 109 Å². The van der Waals surface area contributed by atoms with Gasteiger partial charge in [-0.15, -0.1) is 0 Å². The number of amides is 2. The van der Waals surface area contributed by atoms with Gasteiger partial charge in [0.2, 0.25) is 0 Å². The highest BCUT2D eigenvalue weighted by Crippen LogP contribution is 2.13. The van der Waals surface area contributed by atoms with E-state index >= 15 is 0 Å². The van der Waals surface area contributed by atoms with E-state index in [2.05, 4.69) is 10.6 Å². The number of hydrogen-bond donors (Lipinski definition) is 4. The maximum absolute atomic E-state index is 11.6. The fourth-order valence-corrected chi connectivity index (χ4v) is 1.39. The van der Waals surface area contributed by atoms with Crippen LogP contribution in [0, 0.1) is 11.3 Å². The number of nitrogens with zero attached hydrogens (tertiary/aromatic N) is 1. The van der Waals surface area contributed by atoms with Gasteiger partial charge in [0.15, 0.2) is 0 Å². The molecule has 2 amide bonds. The topological polar surface area (TPSA) is 122 Å². The molecule has 0 aliphatic heterocycles. The number of hydrogen-bond acceptors (Lipinski definition) is 4. The van der Waals surface area contributed by atoms with E-state index in [1.807, 2.05) is 6.07 Å². The zero-order chi connectivity index (χ0) is 14.3. The fourth-order valence-electron chi connectivity index (χ4n) is 1.39. The Morgan fingerprint density at radius 1 is 1.37 bits per heavy atom. The van der Waals surface area contributed by atoms with Crippen molar-refractivity contribution in [3.8, 4) is 6.07 Å². The summed E-state index contributed by atoms with van der Waals surface area (Å²) in [6.45, 7) is -0.355. The number of carboxylic acids is 1. The van der Waals surface area contributed by atoms with Gasteiger partial charge in [-0.1, -0.05) is 12.1 Å². The Balaban J connectivity index is 2.69. The lowest BCUT2D eigenvalue weighted by atomic mass is 10.2. The first-order valence-electron chi connectivity index (χ1n) is 5.48. The minimum atomic E-state index is -1.24. The lowest BCUT2D eigenvalue weighted by molar-refractivity contribution is -0.139. The van der Waals surface area contributed by atoms with Crippen LogP contribution < -0.4 is 10.6 Å². The lowest BCUT2D eigenvalue weighted by Crippen LogP contribution is -2.43. The normalized spacial score (nSPS) is 11.2. The SMILES string of the molecule is N#Cc1ccccc1NC(=O)N[C@@H](CCO)C(=O)O. The highest BCUT2D eigenvalue weighted by atomic mass is 16.4. The highest BCUT2D eigenvalue weighted by Gasteiger charge is 2.19. The van der Waals surface area contributed by atoms with Crippen LogP contribution in [0.2, 0.25) is 0 Å². The molecule has 19 heavy (non-hydrogen) atoms. The monoisotopic (exact) mass is 263 g/mol. The zero-order valence-corrected chi connectivity index (χ0v) is 9.96. The van der Waals surface area contributed by atoms with Crippen LogP contribution in [0.3, 0.4) is 0 Å². The van der Waals surface area contributed by atoms with Gasteiger partial charge in [0.1, 0.15) is 12.1 Å². The predicted octanol–water partition coefficient (Wildman–Crippen LogP) is 0.515. The molecule has 1 aromatic carbocycles. The number of carboxylic acid groups (broad SMARTS) is 1. The van der Waals surface area contributed by atoms with Crippen molar-refractivity contribution in [1.82, 2.24) is 5.32 Å². The van der Waals surface area contributed by atoms with Crippen molar-refractivity contribution in [3.63, 3.8) is 0 Å². The van der Waals surface area contributed by atoms with Crippen LogP contribution >= 0.6 is 0 Å². The van der Waals surface area contributed by atoms with Gasteiger partial charge >= 0.3 is 12.0 Å². The largest absolute Gasteiger partial charge is 0.480 e. The van der Waals surface area contributed by atoms with E-state index in [0.717, 1.165) is 0 Å². The van der Waals surface area contributed by atoms with Crippen LogP contribution in [-0.4, -0.2) is 34.9 Å². The average molecular weight is 263 g/mol. The Hall–Kier alpha value is -2.59. The molecule has 7 nitrogen and oxygen atoms in total. The summed E-state index contributed by atoms with van der Waals surface area (Å²) in [5.41, 5.74) is 0.558. The van der Waals surface area contributed by atoms with Crippen LogP contribution in [-0.2, 0) is 4.79 Å². The third-order valence-electron chi connectivity index (χ3n) is 2.32. The van der Waals surface area contributed by atoms with E-state index in [4.69, 9.17) is 15.5 Å². The van der Waals surface area contributed by atoms with E-state index in [9.17, 15) is 9.59 Å². The van der Waals surface area contributed by atoms with Crippen LogP contribution in [0.15, 0.2) is 24.3 Å². The van der Waals surface area contributed by atoms with Gasteiger partial charge in [-0.05, 0) is 12.1 Å². The molecule has 0 aliphatic carbocycles. The number of carbonyl (C=O) groups is 2. The maximum Gasteiger partial charge on any atom is 0.326 e. The molecule has 4 N–H and O–H groups in total. The second kappa shape index (κ2) is 6.98. The number of urea groups is 1. The van der Waals surface area contributed by atoms with Gasteiger partial charge in [-0.3, -0.25) is 0 Å². The fraction of sp³-hybridized carbons (Fsp3) is 0.250. The number of carbonyl (C=O) groups excluding carboxylic acids is 1. The van der Waals surface area contributed by atoms with E-state index in [0.29, 0.717) is 0 Å². The molecule has 0 saturated heterocycles. The summed E-state index contributed by atoms with van der Waals surface area (Å²) in [4.78, 5) is 22.4. The third-order valence-corrected chi connectivity index (χ3v) is 2.32. The Bertz CT molecular complexity index is 510. The Kier molecular flexibility index (Phi) is 5.32. The summed E-state index contributed by atoms with van der Waals surface area (Å²) >= 11 is 0. The van der Waals surface area contributed by atoms with E-state index in [1.54, 1.807) is 12.1 Å². The summed E-state index contributed by atoms with van der Waals surface area (Å²) in [5, 5.41) is 30.9. The van der Waals surface area contributed by atoms with Crippen LogP contribution in [0.1, 0.15) is 12.0 Å². The zero-order valence-electron chi connectivity index (χ0n) is 9.96. The van der Waals surface area contributed by atoms with Crippen LogP contribution in [0.4, 0.5) is 10.5 Å². The van der Waals surface area contributed by atoms with Crippen molar-refractivity contribution in [2.24, 2.45) is 0 Å². The number of aliphatic hydroxyl groups excluding tert-OH is 1. The predicted molar refractivity (Wildman–Crippen MR) is 66.4 cm³/mol. The number of para-hydroxylation sites is 1. The van der Waals surface area contributed by atoms with Crippen molar-refractivity contribution in [3.05, 3.63) is 29.8 Å². The quantitative estimate of drug-likeness (QED) is 0.616. The summed E-state index contributed by atoms with van der Waals surface area (Å²) in [6, 6.07) is 6.31. The van der Waals surface area contributed by atoms with Gasteiger partial charge < -0.3 is 20.8 Å². The molecule has 100 valence electrons. The second-order valence-corrected chi connectivity index (χ2v) is 3.66. The first-order chi connectivity index (χ1) is 9.08. The molecule has 0 aliphatic rings. The van der Waals surface area contributed by atoms with Crippen LogP contribution in [0.5, 0.6) is 0 Å². The van der Waals surface area contributed by atoms with Gasteiger partial charge in [0, 0.05) is 13.0 Å². The molecule has 0 spiro atoms. The maximum atomic E-state index is 11.6. The van der Waals surface area contributed by atoms with Crippen molar-refractivity contribution in [1.29, 1.82) is 5.26 Å². The molecule has 1 rings (SSSR count). The van der Waals surface area contributed by atoms with Gasteiger partial charge in [-0.25, -0.2) is 9.59 Å². The number of nitrogens with one attached hydrogen (secondary N) is 2. The summed E-state index contributed by atoms with van der Waals surface area (Å²) < 4.78 is 0. The van der Waals surface area contributed by atoms with Crippen molar-refractivity contribution in [2.75, 3.05) is 11.9 Å². The number of nitriles is 1. The first-order valence-corrected chi connectivity index (χ1v) is 5.48. The molecular weight excluding hydrogens is 250 g/mol.